The summed E-state index contributed by atoms with van der Waals surface area (Å²) in [6.45, 7) is 16.4. The summed E-state index contributed by atoms with van der Waals surface area (Å²) in [5, 5.41) is 0. The molecule has 0 saturated carbocycles. The highest BCUT2D eigenvalue weighted by Gasteiger charge is 2.42. The smallest absolute Gasteiger partial charge is 0.118 e. The molecule has 0 N–H and O–H groups in total. The van der Waals surface area contributed by atoms with Crippen molar-refractivity contribution in [3.8, 4) is 5.75 Å². The summed E-state index contributed by atoms with van der Waals surface area (Å²) in [6, 6.07) is 9.81. The molecule has 0 radical (unpaired) electrons. The summed E-state index contributed by atoms with van der Waals surface area (Å²) >= 11 is 0. The molecule has 2 heterocycles. The van der Waals surface area contributed by atoms with E-state index < -0.39 is 0 Å². The number of fused-ring (bicyclic) bond motifs is 1. The molecular weight excluding hydrogens is 298 g/mol. The van der Waals surface area contributed by atoms with Crippen molar-refractivity contribution >= 4 is 0 Å². The van der Waals surface area contributed by atoms with E-state index in [0.29, 0.717) is 12.1 Å². The quantitative estimate of drug-likeness (QED) is 0.844. The number of benzene rings is 1. The van der Waals surface area contributed by atoms with E-state index in [1.807, 2.05) is 0 Å². The molecule has 2 saturated heterocycles. The fraction of sp³-hybridized carbons (Fsp3) is 0.700. The standard InChI is InChI=1S/C20H33N3O/c1-16(2)22-10-11-23-18(14-22)13-21(15-20(23,3)4)12-17-6-8-19(24-5)9-7-17/h6-9,16,18H,10-15H2,1-5H3/t18-/m1/s1. The molecule has 2 aliphatic rings. The molecule has 1 atom stereocenters. The van der Waals surface area contributed by atoms with Gasteiger partial charge < -0.3 is 4.74 Å². The predicted molar refractivity (Wildman–Crippen MR) is 99.6 cm³/mol. The number of methoxy groups -OCH3 is 1. The van der Waals surface area contributed by atoms with Crippen LogP contribution in [0, 0.1) is 0 Å². The fourth-order valence-corrected chi connectivity index (χ4v) is 4.41. The zero-order valence-electron chi connectivity index (χ0n) is 16.0. The maximum Gasteiger partial charge on any atom is 0.118 e. The molecule has 3 rings (SSSR count). The summed E-state index contributed by atoms with van der Waals surface area (Å²) in [4.78, 5) is 8.01. The Morgan fingerprint density at radius 1 is 1.12 bits per heavy atom. The number of hydrogen-bond acceptors (Lipinski definition) is 4. The van der Waals surface area contributed by atoms with Gasteiger partial charge in [-0.15, -0.1) is 0 Å². The van der Waals surface area contributed by atoms with Crippen LogP contribution in [0.1, 0.15) is 33.3 Å². The van der Waals surface area contributed by atoms with E-state index in [1.54, 1.807) is 7.11 Å². The summed E-state index contributed by atoms with van der Waals surface area (Å²) in [6.07, 6.45) is 0. The molecule has 0 bridgehead atoms. The van der Waals surface area contributed by atoms with Gasteiger partial charge in [0, 0.05) is 56.9 Å². The van der Waals surface area contributed by atoms with Crippen molar-refractivity contribution in [1.82, 2.24) is 14.7 Å². The highest BCUT2D eigenvalue weighted by atomic mass is 16.5. The number of ether oxygens (including phenoxy) is 1. The highest BCUT2D eigenvalue weighted by molar-refractivity contribution is 5.27. The first-order chi connectivity index (χ1) is 11.4. The fourth-order valence-electron chi connectivity index (χ4n) is 4.41. The van der Waals surface area contributed by atoms with E-state index in [-0.39, 0.29) is 5.54 Å². The molecule has 2 aliphatic heterocycles. The maximum atomic E-state index is 5.27. The van der Waals surface area contributed by atoms with Crippen molar-refractivity contribution in [2.24, 2.45) is 0 Å². The molecule has 4 heteroatoms. The predicted octanol–water partition coefficient (Wildman–Crippen LogP) is 2.68. The number of nitrogens with zero attached hydrogens (tertiary/aromatic N) is 3. The van der Waals surface area contributed by atoms with Gasteiger partial charge in [-0.25, -0.2) is 0 Å². The Kier molecular flexibility index (Phi) is 5.19. The molecular formula is C20H33N3O. The Morgan fingerprint density at radius 2 is 1.83 bits per heavy atom. The summed E-state index contributed by atoms with van der Waals surface area (Å²) in [7, 11) is 1.72. The van der Waals surface area contributed by atoms with E-state index in [1.165, 1.54) is 31.7 Å². The Bertz CT molecular complexity index is 540. The lowest BCUT2D eigenvalue weighted by atomic mass is 9.92. The summed E-state index contributed by atoms with van der Waals surface area (Å²) in [5.41, 5.74) is 1.62. The largest absolute Gasteiger partial charge is 0.497 e. The second-order valence-corrected chi connectivity index (χ2v) is 8.27. The van der Waals surface area contributed by atoms with Gasteiger partial charge in [0.1, 0.15) is 5.75 Å². The van der Waals surface area contributed by atoms with E-state index in [9.17, 15) is 0 Å². The van der Waals surface area contributed by atoms with Gasteiger partial charge in [-0.1, -0.05) is 12.1 Å². The molecule has 1 aromatic carbocycles. The Labute approximate surface area is 147 Å². The second kappa shape index (κ2) is 7.03. The van der Waals surface area contributed by atoms with Crippen molar-refractivity contribution in [2.45, 2.75) is 51.9 Å². The third-order valence-electron chi connectivity index (χ3n) is 5.67. The molecule has 0 spiro atoms. The highest BCUT2D eigenvalue weighted by Crippen LogP contribution is 2.29. The van der Waals surface area contributed by atoms with Crippen LogP contribution in [0.15, 0.2) is 24.3 Å². The Hall–Kier alpha value is -1.10. The molecule has 4 nitrogen and oxygen atoms in total. The first-order valence-corrected chi connectivity index (χ1v) is 9.25. The van der Waals surface area contributed by atoms with Crippen LogP contribution < -0.4 is 4.74 Å². The minimum atomic E-state index is 0.248. The van der Waals surface area contributed by atoms with Gasteiger partial charge in [0.25, 0.3) is 0 Å². The third kappa shape index (κ3) is 3.76. The summed E-state index contributed by atoms with van der Waals surface area (Å²) in [5.74, 6) is 0.934. The molecule has 0 amide bonds. The Balaban J connectivity index is 1.69. The van der Waals surface area contributed by atoms with Crippen molar-refractivity contribution in [3.63, 3.8) is 0 Å². The van der Waals surface area contributed by atoms with E-state index in [0.717, 1.165) is 18.8 Å². The topological polar surface area (TPSA) is 19.0 Å². The average Bonchev–Trinajstić information content (AvgIpc) is 2.54. The molecule has 2 fully saturated rings. The van der Waals surface area contributed by atoms with Crippen LogP contribution in [-0.2, 0) is 6.54 Å². The molecule has 0 aliphatic carbocycles. The minimum Gasteiger partial charge on any atom is -0.497 e. The SMILES string of the molecule is COc1ccc(CN2C[C@@H]3CN(C(C)C)CCN3C(C)(C)C2)cc1. The number of hydrogen-bond donors (Lipinski definition) is 0. The van der Waals surface area contributed by atoms with Gasteiger partial charge in [-0.05, 0) is 45.4 Å². The van der Waals surface area contributed by atoms with E-state index >= 15 is 0 Å². The van der Waals surface area contributed by atoms with Gasteiger partial charge in [-0.2, -0.15) is 0 Å². The van der Waals surface area contributed by atoms with Crippen molar-refractivity contribution in [1.29, 1.82) is 0 Å². The van der Waals surface area contributed by atoms with Crippen LogP contribution in [0.5, 0.6) is 5.75 Å². The van der Waals surface area contributed by atoms with Crippen LogP contribution >= 0.6 is 0 Å². The van der Waals surface area contributed by atoms with Gasteiger partial charge in [0.15, 0.2) is 0 Å². The molecule has 24 heavy (non-hydrogen) atoms. The minimum absolute atomic E-state index is 0.248. The third-order valence-corrected chi connectivity index (χ3v) is 5.67. The van der Waals surface area contributed by atoms with Crippen LogP contribution in [0.25, 0.3) is 0 Å². The average molecular weight is 332 g/mol. The van der Waals surface area contributed by atoms with Gasteiger partial charge in [-0.3, -0.25) is 14.7 Å². The van der Waals surface area contributed by atoms with Crippen LogP contribution in [0.2, 0.25) is 0 Å². The van der Waals surface area contributed by atoms with Crippen LogP contribution in [0.3, 0.4) is 0 Å². The lowest BCUT2D eigenvalue weighted by Crippen LogP contribution is -2.69. The number of piperazine rings is 2. The van der Waals surface area contributed by atoms with Gasteiger partial charge >= 0.3 is 0 Å². The molecule has 0 aromatic heterocycles. The van der Waals surface area contributed by atoms with Crippen molar-refractivity contribution in [2.75, 3.05) is 39.8 Å². The lowest BCUT2D eigenvalue weighted by molar-refractivity contribution is -0.0721. The summed E-state index contributed by atoms with van der Waals surface area (Å²) < 4.78 is 5.27. The number of rotatable bonds is 4. The van der Waals surface area contributed by atoms with Crippen LogP contribution in [-0.4, -0.2) is 72.2 Å². The van der Waals surface area contributed by atoms with Crippen molar-refractivity contribution < 1.29 is 4.74 Å². The molecule has 0 unspecified atom stereocenters. The Morgan fingerprint density at radius 3 is 2.46 bits per heavy atom. The first-order valence-electron chi connectivity index (χ1n) is 9.25. The van der Waals surface area contributed by atoms with Crippen molar-refractivity contribution in [3.05, 3.63) is 29.8 Å². The zero-order valence-corrected chi connectivity index (χ0v) is 16.0. The maximum absolute atomic E-state index is 5.27. The molecule has 134 valence electrons. The van der Waals surface area contributed by atoms with Gasteiger partial charge in [0.05, 0.1) is 7.11 Å². The van der Waals surface area contributed by atoms with E-state index in [2.05, 4.69) is 66.7 Å². The lowest BCUT2D eigenvalue weighted by Gasteiger charge is -2.56. The van der Waals surface area contributed by atoms with Crippen LogP contribution in [0.4, 0.5) is 0 Å². The van der Waals surface area contributed by atoms with E-state index in [4.69, 9.17) is 4.74 Å². The zero-order chi connectivity index (χ0) is 17.3. The second-order valence-electron chi connectivity index (χ2n) is 8.27. The first kappa shape index (κ1) is 17.7. The molecule has 1 aromatic rings. The monoisotopic (exact) mass is 331 g/mol. The normalized spacial score (nSPS) is 25.7. The van der Waals surface area contributed by atoms with Gasteiger partial charge in [0.2, 0.25) is 0 Å².